The van der Waals surface area contributed by atoms with Crippen molar-refractivity contribution in [2.75, 3.05) is 18.8 Å². The number of anilines is 1. The zero-order valence-corrected chi connectivity index (χ0v) is 10.2. The highest BCUT2D eigenvalue weighted by atomic mass is 19.1. The van der Waals surface area contributed by atoms with E-state index in [4.69, 9.17) is 5.73 Å². The van der Waals surface area contributed by atoms with Gasteiger partial charge in [-0.05, 0) is 43.3 Å². The Hall–Kier alpha value is -1.09. The second-order valence-corrected chi connectivity index (χ2v) is 4.07. The number of hydrogen-bond donors (Lipinski definition) is 1. The lowest BCUT2D eigenvalue weighted by atomic mass is 10.1. The number of nitrogens with zero attached hydrogens (tertiary/aromatic N) is 1. The molecule has 0 fully saturated rings. The molecule has 2 N–H and O–H groups in total. The summed E-state index contributed by atoms with van der Waals surface area (Å²) >= 11 is 0. The van der Waals surface area contributed by atoms with Crippen molar-refractivity contribution in [2.45, 2.75) is 33.2 Å². The minimum atomic E-state index is -0.212. The van der Waals surface area contributed by atoms with Crippen molar-refractivity contribution >= 4 is 5.69 Å². The van der Waals surface area contributed by atoms with Crippen molar-refractivity contribution < 1.29 is 4.39 Å². The molecule has 0 bridgehead atoms. The van der Waals surface area contributed by atoms with E-state index in [1.807, 2.05) is 0 Å². The number of hydrogen-bond acceptors (Lipinski definition) is 2. The van der Waals surface area contributed by atoms with Crippen LogP contribution in [0.15, 0.2) is 18.2 Å². The Bertz CT molecular complexity index is 326. The van der Waals surface area contributed by atoms with Gasteiger partial charge in [0.15, 0.2) is 0 Å². The zero-order chi connectivity index (χ0) is 12.0. The third-order valence-electron chi connectivity index (χ3n) is 2.77. The predicted molar refractivity (Wildman–Crippen MR) is 66.7 cm³/mol. The fourth-order valence-electron chi connectivity index (χ4n) is 1.68. The number of rotatable bonds is 6. The van der Waals surface area contributed by atoms with Crippen LogP contribution in [0.4, 0.5) is 10.1 Å². The fraction of sp³-hybridized carbons (Fsp3) is 0.538. The van der Waals surface area contributed by atoms with Crippen LogP contribution in [0.1, 0.15) is 32.3 Å². The molecule has 0 saturated carbocycles. The van der Waals surface area contributed by atoms with Crippen molar-refractivity contribution in [3.63, 3.8) is 0 Å². The highest BCUT2D eigenvalue weighted by Crippen LogP contribution is 2.15. The van der Waals surface area contributed by atoms with Gasteiger partial charge < -0.3 is 5.73 Å². The Morgan fingerprint density at radius 2 is 2.06 bits per heavy atom. The van der Waals surface area contributed by atoms with Gasteiger partial charge in [-0.2, -0.15) is 0 Å². The lowest BCUT2D eigenvalue weighted by molar-refractivity contribution is 0.275. The molecular weight excluding hydrogens is 203 g/mol. The molecule has 1 aromatic rings. The first-order chi connectivity index (χ1) is 7.67. The molecule has 0 saturated heterocycles. The van der Waals surface area contributed by atoms with Crippen LogP contribution in [0.2, 0.25) is 0 Å². The Morgan fingerprint density at radius 1 is 1.31 bits per heavy atom. The maximum absolute atomic E-state index is 13.1. The normalized spacial score (nSPS) is 11.0. The topological polar surface area (TPSA) is 29.3 Å². The third kappa shape index (κ3) is 3.81. The number of halogens is 1. The van der Waals surface area contributed by atoms with Crippen LogP contribution in [0, 0.1) is 5.82 Å². The van der Waals surface area contributed by atoms with E-state index in [1.54, 1.807) is 6.07 Å². The molecule has 0 radical (unpaired) electrons. The van der Waals surface area contributed by atoms with Crippen molar-refractivity contribution in [3.05, 3.63) is 29.6 Å². The highest BCUT2D eigenvalue weighted by Gasteiger charge is 2.06. The highest BCUT2D eigenvalue weighted by molar-refractivity contribution is 5.46. The smallest absolute Gasteiger partial charge is 0.123 e. The Kier molecular flexibility index (Phi) is 5.26. The molecule has 0 heterocycles. The van der Waals surface area contributed by atoms with E-state index < -0.39 is 0 Å². The van der Waals surface area contributed by atoms with E-state index in [0.717, 1.165) is 25.2 Å². The van der Waals surface area contributed by atoms with E-state index in [0.29, 0.717) is 5.69 Å². The summed E-state index contributed by atoms with van der Waals surface area (Å²) in [6, 6.07) is 4.57. The van der Waals surface area contributed by atoms with E-state index in [2.05, 4.69) is 18.7 Å². The zero-order valence-electron chi connectivity index (χ0n) is 10.2. The minimum absolute atomic E-state index is 0.212. The van der Waals surface area contributed by atoms with Crippen LogP contribution in [-0.4, -0.2) is 18.0 Å². The molecule has 0 aromatic heterocycles. The first-order valence-electron chi connectivity index (χ1n) is 5.93. The number of unbranched alkanes of at least 4 members (excludes halogenated alkanes) is 1. The monoisotopic (exact) mass is 224 g/mol. The summed E-state index contributed by atoms with van der Waals surface area (Å²) in [5, 5.41) is 0. The van der Waals surface area contributed by atoms with Gasteiger partial charge in [0.05, 0.1) is 0 Å². The average Bonchev–Trinajstić information content (AvgIpc) is 2.28. The summed E-state index contributed by atoms with van der Waals surface area (Å²) in [7, 11) is 0. The molecule has 3 heteroatoms. The van der Waals surface area contributed by atoms with Gasteiger partial charge in [0.1, 0.15) is 5.82 Å². The second kappa shape index (κ2) is 6.48. The van der Waals surface area contributed by atoms with E-state index in [1.165, 1.54) is 25.0 Å². The molecule has 0 unspecified atom stereocenters. The molecule has 0 spiro atoms. The summed E-state index contributed by atoms with van der Waals surface area (Å²) in [6.45, 7) is 7.04. The van der Waals surface area contributed by atoms with Gasteiger partial charge in [0.25, 0.3) is 0 Å². The van der Waals surface area contributed by atoms with Crippen molar-refractivity contribution in [1.82, 2.24) is 4.90 Å². The summed E-state index contributed by atoms with van der Waals surface area (Å²) in [6.07, 6.45) is 2.35. The molecule has 0 aliphatic heterocycles. The van der Waals surface area contributed by atoms with Gasteiger partial charge in [0.2, 0.25) is 0 Å². The SMILES string of the molecule is CCCCN(CC)Cc1cc(F)ccc1N. The number of benzene rings is 1. The fourth-order valence-corrected chi connectivity index (χ4v) is 1.68. The molecule has 0 atom stereocenters. The van der Waals surface area contributed by atoms with E-state index in [9.17, 15) is 4.39 Å². The Balaban J connectivity index is 2.65. The maximum Gasteiger partial charge on any atom is 0.123 e. The average molecular weight is 224 g/mol. The molecule has 0 amide bonds. The largest absolute Gasteiger partial charge is 0.398 e. The summed E-state index contributed by atoms with van der Waals surface area (Å²) in [5.74, 6) is -0.212. The summed E-state index contributed by atoms with van der Waals surface area (Å²) < 4.78 is 13.1. The summed E-state index contributed by atoms with van der Waals surface area (Å²) in [4.78, 5) is 2.29. The summed E-state index contributed by atoms with van der Waals surface area (Å²) in [5.41, 5.74) is 7.39. The molecule has 0 aliphatic rings. The predicted octanol–water partition coefficient (Wildman–Crippen LogP) is 3.03. The molecule has 1 aromatic carbocycles. The van der Waals surface area contributed by atoms with Crippen LogP contribution >= 0.6 is 0 Å². The molecule has 90 valence electrons. The van der Waals surface area contributed by atoms with E-state index in [-0.39, 0.29) is 5.82 Å². The molecule has 16 heavy (non-hydrogen) atoms. The lowest BCUT2D eigenvalue weighted by Gasteiger charge is -2.21. The first kappa shape index (κ1) is 13.0. The number of nitrogens with two attached hydrogens (primary N) is 1. The van der Waals surface area contributed by atoms with Crippen LogP contribution in [0.25, 0.3) is 0 Å². The van der Waals surface area contributed by atoms with Crippen LogP contribution in [-0.2, 0) is 6.54 Å². The third-order valence-corrected chi connectivity index (χ3v) is 2.77. The molecule has 0 aliphatic carbocycles. The lowest BCUT2D eigenvalue weighted by Crippen LogP contribution is -2.24. The van der Waals surface area contributed by atoms with Gasteiger partial charge in [-0.25, -0.2) is 4.39 Å². The second-order valence-electron chi connectivity index (χ2n) is 4.07. The van der Waals surface area contributed by atoms with Crippen molar-refractivity contribution in [3.8, 4) is 0 Å². The van der Waals surface area contributed by atoms with Crippen molar-refractivity contribution in [1.29, 1.82) is 0 Å². The van der Waals surface area contributed by atoms with Crippen molar-refractivity contribution in [2.24, 2.45) is 0 Å². The van der Waals surface area contributed by atoms with Gasteiger partial charge >= 0.3 is 0 Å². The van der Waals surface area contributed by atoms with Crippen LogP contribution in [0.3, 0.4) is 0 Å². The molecular formula is C13H21FN2. The van der Waals surface area contributed by atoms with Crippen LogP contribution < -0.4 is 5.73 Å². The quantitative estimate of drug-likeness (QED) is 0.753. The van der Waals surface area contributed by atoms with Gasteiger partial charge in [-0.15, -0.1) is 0 Å². The van der Waals surface area contributed by atoms with E-state index >= 15 is 0 Å². The van der Waals surface area contributed by atoms with Gasteiger partial charge in [-0.3, -0.25) is 4.90 Å². The standard InChI is InChI=1S/C13H21FN2/c1-3-5-8-16(4-2)10-11-9-12(14)6-7-13(11)15/h6-7,9H,3-5,8,10,15H2,1-2H3. The minimum Gasteiger partial charge on any atom is -0.398 e. The van der Waals surface area contributed by atoms with Gasteiger partial charge in [-0.1, -0.05) is 20.3 Å². The Labute approximate surface area is 97.3 Å². The Morgan fingerprint density at radius 3 is 2.69 bits per heavy atom. The maximum atomic E-state index is 13.1. The molecule has 1 rings (SSSR count). The van der Waals surface area contributed by atoms with Gasteiger partial charge in [0, 0.05) is 12.2 Å². The van der Waals surface area contributed by atoms with Crippen LogP contribution in [0.5, 0.6) is 0 Å². The first-order valence-corrected chi connectivity index (χ1v) is 5.93. The molecule has 2 nitrogen and oxygen atoms in total. The number of nitrogen functional groups attached to an aromatic ring is 1.